The summed E-state index contributed by atoms with van der Waals surface area (Å²) in [5.74, 6) is 0.315. The van der Waals surface area contributed by atoms with Crippen molar-refractivity contribution in [2.75, 3.05) is 7.05 Å². The Bertz CT molecular complexity index is 750. The van der Waals surface area contributed by atoms with E-state index in [4.69, 9.17) is 11.6 Å². The summed E-state index contributed by atoms with van der Waals surface area (Å²) >= 11 is 7.62. The van der Waals surface area contributed by atoms with Crippen LogP contribution >= 0.6 is 22.9 Å². The molecule has 21 heavy (non-hydrogen) atoms. The summed E-state index contributed by atoms with van der Waals surface area (Å²) in [6.45, 7) is -1.80. The van der Waals surface area contributed by atoms with Crippen LogP contribution in [-0.2, 0) is 13.1 Å². The van der Waals surface area contributed by atoms with Crippen molar-refractivity contribution in [1.82, 2.24) is 23.8 Å². The standard InChI is InChI=1S/C12H12ClF2N5S/c1-18(7-9-16-2-3-20(9)11(14)15)6-8-10(13)17-12-19(8)4-5-21-12/h2-5,11H,6-7H2,1H3. The van der Waals surface area contributed by atoms with E-state index in [0.29, 0.717) is 24.1 Å². The first-order chi connectivity index (χ1) is 10.1. The Morgan fingerprint density at radius 2 is 2.19 bits per heavy atom. The highest BCUT2D eigenvalue weighted by atomic mass is 35.5. The van der Waals surface area contributed by atoms with Gasteiger partial charge in [0.1, 0.15) is 5.82 Å². The third kappa shape index (κ3) is 2.78. The van der Waals surface area contributed by atoms with Crippen LogP contribution in [0.5, 0.6) is 0 Å². The summed E-state index contributed by atoms with van der Waals surface area (Å²) in [7, 11) is 1.83. The van der Waals surface area contributed by atoms with Crippen LogP contribution in [0.3, 0.4) is 0 Å². The minimum Gasteiger partial charge on any atom is -0.293 e. The zero-order chi connectivity index (χ0) is 15.0. The van der Waals surface area contributed by atoms with Gasteiger partial charge in [0.05, 0.1) is 12.2 Å². The second kappa shape index (κ2) is 5.70. The first kappa shape index (κ1) is 14.4. The van der Waals surface area contributed by atoms with Crippen LogP contribution in [0.1, 0.15) is 18.1 Å². The smallest absolute Gasteiger partial charge is 0.293 e. The molecule has 3 aromatic heterocycles. The van der Waals surface area contributed by atoms with Gasteiger partial charge in [0.15, 0.2) is 10.1 Å². The lowest BCUT2D eigenvalue weighted by atomic mass is 10.4. The van der Waals surface area contributed by atoms with E-state index >= 15 is 0 Å². The molecule has 0 radical (unpaired) electrons. The first-order valence-electron chi connectivity index (χ1n) is 6.14. The number of hydrogen-bond acceptors (Lipinski definition) is 4. The summed E-state index contributed by atoms with van der Waals surface area (Å²) in [4.78, 5) is 10.9. The second-order valence-corrected chi connectivity index (χ2v) is 5.84. The van der Waals surface area contributed by atoms with Crippen LogP contribution in [0, 0.1) is 0 Å². The fourth-order valence-corrected chi connectivity index (χ4v) is 3.16. The fraction of sp³-hybridized carbons (Fsp3) is 0.333. The Labute approximate surface area is 128 Å². The Morgan fingerprint density at radius 3 is 2.95 bits per heavy atom. The van der Waals surface area contributed by atoms with E-state index in [-0.39, 0.29) is 0 Å². The van der Waals surface area contributed by atoms with Gasteiger partial charge in [-0.05, 0) is 7.05 Å². The number of halogens is 3. The summed E-state index contributed by atoms with van der Waals surface area (Å²) in [5.41, 5.74) is 0.838. The third-order valence-corrected chi connectivity index (χ3v) is 4.16. The molecule has 0 aliphatic heterocycles. The molecule has 0 amide bonds. The zero-order valence-corrected chi connectivity index (χ0v) is 12.7. The van der Waals surface area contributed by atoms with Crippen molar-refractivity contribution in [3.63, 3.8) is 0 Å². The monoisotopic (exact) mass is 331 g/mol. The maximum absolute atomic E-state index is 12.8. The first-order valence-corrected chi connectivity index (χ1v) is 7.40. The molecule has 0 fully saturated rings. The van der Waals surface area contributed by atoms with Crippen molar-refractivity contribution < 1.29 is 8.78 Å². The van der Waals surface area contributed by atoms with Crippen LogP contribution in [0.25, 0.3) is 4.96 Å². The fourth-order valence-electron chi connectivity index (χ4n) is 2.14. The summed E-state index contributed by atoms with van der Waals surface area (Å²) < 4.78 is 28.3. The van der Waals surface area contributed by atoms with Crippen LogP contribution in [0.2, 0.25) is 5.15 Å². The molecule has 0 aromatic carbocycles. The van der Waals surface area contributed by atoms with E-state index in [1.54, 1.807) is 0 Å². The van der Waals surface area contributed by atoms with Crippen LogP contribution in [0.4, 0.5) is 8.78 Å². The number of rotatable bonds is 5. The van der Waals surface area contributed by atoms with Crippen molar-refractivity contribution in [1.29, 1.82) is 0 Å². The average molecular weight is 332 g/mol. The van der Waals surface area contributed by atoms with Gasteiger partial charge in [-0.1, -0.05) is 11.6 Å². The largest absolute Gasteiger partial charge is 0.319 e. The zero-order valence-electron chi connectivity index (χ0n) is 11.1. The molecule has 0 spiro atoms. The number of nitrogens with zero attached hydrogens (tertiary/aromatic N) is 5. The van der Waals surface area contributed by atoms with Gasteiger partial charge in [0, 0.05) is 30.5 Å². The molecular formula is C12H12ClF2N5S. The maximum atomic E-state index is 12.8. The van der Waals surface area contributed by atoms with E-state index in [1.807, 2.05) is 27.9 Å². The van der Waals surface area contributed by atoms with Crippen molar-refractivity contribution in [3.8, 4) is 0 Å². The predicted octanol–water partition coefficient (Wildman–Crippen LogP) is 3.27. The minimum absolute atomic E-state index is 0.297. The maximum Gasteiger partial charge on any atom is 0.319 e. The molecule has 5 nitrogen and oxygen atoms in total. The second-order valence-electron chi connectivity index (χ2n) is 4.61. The summed E-state index contributed by atoms with van der Waals surface area (Å²) in [6.07, 6.45) is 4.54. The highest BCUT2D eigenvalue weighted by molar-refractivity contribution is 7.15. The van der Waals surface area contributed by atoms with Crippen molar-refractivity contribution >= 4 is 27.9 Å². The molecule has 0 aliphatic carbocycles. The highest BCUT2D eigenvalue weighted by Gasteiger charge is 2.16. The lowest BCUT2D eigenvalue weighted by Gasteiger charge is -2.16. The Morgan fingerprint density at radius 1 is 1.38 bits per heavy atom. The molecule has 0 saturated carbocycles. The predicted molar refractivity (Wildman–Crippen MR) is 76.7 cm³/mol. The van der Waals surface area contributed by atoms with Crippen molar-refractivity contribution in [3.05, 3.63) is 40.6 Å². The minimum atomic E-state index is -2.59. The van der Waals surface area contributed by atoms with Gasteiger partial charge in [0.2, 0.25) is 0 Å². The molecule has 3 aromatic rings. The van der Waals surface area contributed by atoms with E-state index in [2.05, 4.69) is 9.97 Å². The van der Waals surface area contributed by atoms with Gasteiger partial charge in [0.25, 0.3) is 0 Å². The van der Waals surface area contributed by atoms with Gasteiger partial charge in [-0.2, -0.15) is 8.78 Å². The lowest BCUT2D eigenvalue weighted by Crippen LogP contribution is -2.21. The normalized spacial score (nSPS) is 12.1. The molecule has 0 bridgehead atoms. The molecular weight excluding hydrogens is 320 g/mol. The number of imidazole rings is 2. The number of fused-ring (bicyclic) bond motifs is 1. The Hall–Kier alpha value is -1.51. The van der Waals surface area contributed by atoms with Crippen molar-refractivity contribution in [2.45, 2.75) is 19.6 Å². The van der Waals surface area contributed by atoms with Crippen LogP contribution < -0.4 is 0 Å². The van der Waals surface area contributed by atoms with Gasteiger partial charge in [-0.15, -0.1) is 11.3 Å². The van der Waals surface area contributed by atoms with E-state index in [0.717, 1.165) is 15.2 Å². The van der Waals surface area contributed by atoms with Gasteiger partial charge >= 0.3 is 6.55 Å². The number of thiazole rings is 1. The van der Waals surface area contributed by atoms with Gasteiger partial charge in [-0.25, -0.2) is 9.97 Å². The van der Waals surface area contributed by atoms with E-state index in [1.165, 1.54) is 23.7 Å². The van der Waals surface area contributed by atoms with Crippen LogP contribution in [0.15, 0.2) is 24.0 Å². The molecule has 0 saturated heterocycles. The van der Waals surface area contributed by atoms with E-state index in [9.17, 15) is 8.78 Å². The van der Waals surface area contributed by atoms with Crippen molar-refractivity contribution in [2.24, 2.45) is 0 Å². The topological polar surface area (TPSA) is 38.4 Å². The molecule has 3 heterocycles. The molecule has 0 unspecified atom stereocenters. The molecule has 0 atom stereocenters. The molecule has 0 aliphatic rings. The Kier molecular flexibility index (Phi) is 3.92. The van der Waals surface area contributed by atoms with Crippen LogP contribution in [-0.4, -0.2) is 30.9 Å². The van der Waals surface area contributed by atoms with Gasteiger partial charge in [-0.3, -0.25) is 13.9 Å². The molecule has 3 rings (SSSR count). The number of aromatic nitrogens is 4. The summed E-state index contributed by atoms with van der Waals surface area (Å²) in [5, 5.41) is 2.36. The highest BCUT2D eigenvalue weighted by Crippen LogP contribution is 2.23. The molecule has 9 heteroatoms. The number of hydrogen-bond donors (Lipinski definition) is 0. The Balaban J connectivity index is 1.77. The number of alkyl halides is 2. The summed E-state index contributed by atoms with van der Waals surface area (Å²) in [6, 6.07) is 0. The SMILES string of the molecule is CN(Cc1nccn1C(F)F)Cc1c(Cl)nc2sccn12. The van der Waals surface area contributed by atoms with Gasteiger partial charge < -0.3 is 0 Å². The average Bonchev–Trinajstić information content (AvgIpc) is 3.09. The quantitative estimate of drug-likeness (QED) is 0.720. The lowest BCUT2D eigenvalue weighted by molar-refractivity contribution is 0.0644. The van der Waals surface area contributed by atoms with E-state index < -0.39 is 6.55 Å². The molecule has 112 valence electrons. The third-order valence-electron chi connectivity index (χ3n) is 3.10. The molecule has 0 N–H and O–H groups in total.